The van der Waals surface area contributed by atoms with Crippen LogP contribution in [-0.2, 0) is 0 Å². The number of rotatable bonds is 10. The average Bonchev–Trinajstić information content (AvgIpc) is 2.65. The molecule has 2 rings (SSSR count). The predicted molar refractivity (Wildman–Crippen MR) is 105 cm³/mol. The second-order valence-corrected chi connectivity index (χ2v) is 6.66. The molecule has 0 bridgehead atoms. The number of carbonyl (C=O) groups excluding carboxylic acids is 1. The molecule has 1 atom stereocenters. The zero-order valence-corrected chi connectivity index (χ0v) is 15.5. The molecule has 0 saturated carbocycles. The molecule has 2 N–H and O–H groups in total. The minimum Gasteiger partial charge on any atom is -0.364 e. The molecular formula is C22H30N2O. The summed E-state index contributed by atoms with van der Waals surface area (Å²) >= 11 is 0. The van der Waals surface area contributed by atoms with E-state index in [2.05, 4.69) is 31.0 Å². The SMILES string of the molecule is CCCCCCCC(CC)c1c(-c2ccccc2)ccnc1C(N)=O. The van der Waals surface area contributed by atoms with Crippen molar-refractivity contribution in [3.63, 3.8) is 0 Å². The van der Waals surface area contributed by atoms with Gasteiger partial charge in [-0.25, -0.2) is 0 Å². The minimum atomic E-state index is -0.433. The van der Waals surface area contributed by atoms with Gasteiger partial charge >= 0.3 is 0 Å². The van der Waals surface area contributed by atoms with Crippen LogP contribution in [0.15, 0.2) is 42.6 Å². The van der Waals surface area contributed by atoms with E-state index in [1.807, 2.05) is 24.3 Å². The lowest BCUT2D eigenvalue weighted by atomic mass is 9.84. The van der Waals surface area contributed by atoms with Gasteiger partial charge in [-0.05, 0) is 41.5 Å². The smallest absolute Gasteiger partial charge is 0.267 e. The Balaban J connectivity index is 2.33. The van der Waals surface area contributed by atoms with Gasteiger partial charge in [0.2, 0.25) is 0 Å². The quantitative estimate of drug-likeness (QED) is 0.565. The van der Waals surface area contributed by atoms with E-state index in [9.17, 15) is 4.79 Å². The first-order valence-corrected chi connectivity index (χ1v) is 9.53. The number of nitrogens with two attached hydrogens (primary N) is 1. The first-order valence-electron chi connectivity index (χ1n) is 9.53. The fourth-order valence-electron chi connectivity index (χ4n) is 3.50. The maximum Gasteiger partial charge on any atom is 0.267 e. The summed E-state index contributed by atoms with van der Waals surface area (Å²) in [6.07, 6.45) is 10.0. The molecule has 3 heteroatoms. The second-order valence-electron chi connectivity index (χ2n) is 6.66. The Kier molecular flexibility index (Phi) is 7.65. The highest BCUT2D eigenvalue weighted by molar-refractivity contribution is 5.94. The minimum absolute atomic E-state index is 0.313. The summed E-state index contributed by atoms with van der Waals surface area (Å²) in [5, 5.41) is 0. The van der Waals surface area contributed by atoms with Crippen molar-refractivity contribution in [1.82, 2.24) is 4.98 Å². The van der Waals surface area contributed by atoms with E-state index in [0.717, 1.165) is 29.5 Å². The van der Waals surface area contributed by atoms with E-state index in [-0.39, 0.29) is 0 Å². The highest BCUT2D eigenvalue weighted by Crippen LogP contribution is 2.35. The van der Waals surface area contributed by atoms with Gasteiger partial charge in [0, 0.05) is 6.20 Å². The van der Waals surface area contributed by atoms with E-state index in [0.29, 0.717) is 11.6 Å². The third-order valence-corrected chi connectivity index (χ3v) is 4.87. The maximum absolute atomic E-state index is 12.0. The van der Waals surface area contributed by atoms with Crippen LogP contribution in [0.4, 0.5) is 0 Å². The summed E-state index contributed by atoms with van der Waals surface area (Å²) in [4.78, 5) is 16.3. The van der Waals surface area contributed by atoms with Crippen LogP contribution in [0.1, 0.15) is 80.8 Å². The number of hydrogen-bond donors (Lipinski definition) is 1. The predicted octanol–water partition coefficient (Wildman–Crippen LogP) is 5.70. The van der Waals surface area contributed by atoms with Gasteiger partial charge in [0.05, 0.1) is 0 Å². The Morgan fingerprint density at radius 3 is 2.40 bits per heavy atom. The van der Waals surface area contributed by atoms with Crippen LogP contribution in [0.2, 0.25) is 0 Å². The van der Waals surface area contributed by atoms with Gasteiger partial charge in [0.25, 0.3) is 5.91 Å². The monoisotopic (exact) mass is 338 g/mol. The molecule has 1 unspecified atom stereocenters. The number of pyridine rings is 1. The van der Waals surface area contributed by atoms with Crippen LogP contribution >= 0.6 is 0 Å². The van der Waals surface area contributed by atoms with Gasteiger partial charge in [-0.1, -0.05) is 76.3 Å². The summed E-state index contributed by atoms with van der Waals surface area (Å²) in [5.41, 5.74) is 9.31. The number of benzene rings is 1. The molecule has 134 valence electrons. The van der Waals surface area contributed by atoms with Gasteiger partial charge < -0.3 is 5.73 Å². The second kappa shape index (κ2) is 9.97. The van der Waals surface area contributed by atoms with E-state index in [1.165, 1.54) is 32.1 Å². The van der Waals surface area contributed by atoms with Gasteiger partial charge in [-0.2, -0.15) is 0 Å². The Bertz CT molecular complexity index is 667. The maximum atomic E-state index is 12.0. The highest BCUT2D eigenvalue weighted by Gasteiger charge is 2.22. The lowest BCUT2D eigenvalue weighted by Gasteiger charge is -2.21. The third kappa shape index (κ3) is 5.15. The van der Waals surface area contributed by atoms with Gasteiger partial charge in [0.1, 0.15) is 5.69 Å². The zero-order valence-electron chi connectivity index (χ0n) is 15.5. The molecule has 0 aliphatic heterocycles. The summed E-state index contributed by atoms with van der Waals surface area (Å²) in [6, 6.07) is 12.2. The lowest BCUT2D eigenvalue weighted by molar-refractivity contribution is 0.0994. The van der Waals surface area contributed by atoms with Gasteiger partial charge in [-0.3, -0.25) is 9.78 Å². The van der Waals surface area contributed by atoms with Crippen LogP contribution < -0.4 is 5.73 Å². The number of primary amides is 1. The third-order valence-electron chi connectivity index (χ3n) is 4.87. The molecular weight excluding hydrogens is 308 g/mol. The Labute approximate surface area is 151 Å². The number of amides is 1. The van der Waals surface area contributed by atoms with Crippen molar-refractivity contribution in [3.8, 4) is 11.1 Å². The number of nitrogens with zero attached hydrogens (tertiary/aromatic N) is 1. The molecule has 2 aromatic rings. The molecule has 0 radical (unpaired) electrons. The van der Waals surface area contributed by atoms with E-state index < -0.39 is 5.91 Å². The Morgan fingerprint density at radius 1 is 1.04 bits per heavy atom. The summed E-state index contributed by atoms with van der Waals surface area (Å²) in [5.74, 6) is -0.120. The first-order chi connectivity index (χ1) is 12.2. The summed E-state index contributed by atoms with van der Waals surface area (Å²) in [7, 11) is 0. The highest BCUT2D eigenvalue weighted by atomic mass is 16.1. The normalized spacial score (nSPS) is 12.1. The van der Waals surface area contributed by atoms with Crippen molar-refractivity contribution < 1.29 is 4.79 Å². The fraction of sp³-hybridized carbons (Fsp3) is 0.455. The topological polar surface area (TPSA) is 56.0 Å². The number of carbonyl (C=O) groups is 1. The zero-order chi connectivity index (χ0) is 18.1. The molecule has 0 aliphatic carbocycles. The van der Waals surface area contributed by atoms with Crippen LogP contribution in [0.25, 0.3) is 11.1 Å². The fourth-order valence-corrected chi connectivity index (χ4v) is 3.50. The summed E-state index contributed by atoms with van der Waals surface area (Å²) in [6.45, 7) is 4.42. The lowest BCUT2D eigenvalue weighted by Crippen LogP contribution is -2.18. The standard InChI is InChI=1S/C22H30N2O/c1-3-5-6-7-9-12-17(4-2)20-19(18-13-10-8-11-14-18)15-16-24-21(20)22(23)25/h8,10-11,13-17H,3-7,9,12H2,1-2H3,(H2,23,25). The largest absolute Gasteiger partial charge is 0.364 e. The Hall–Kier alpha value is -2.16. The van der Waals surface area contributed by atoms with Crippen molar-refractivity contribution >= 4 is 5.91 Å². The van der Waals surface area contributed by atoms with Crippen LogP contribution in [0.5, 0.6) is 0 Å². The molecule has 0 spiro atoms. The summed E-state index contributed by atoms with van der Waals surface area (Å²) < 4.78 is 0. The molecule has 1 amide bonds. The van der Waals surface area contributed by atoms with Crippen LogP contribution in [0, 0.1) is 0 Å². The van der Waals surface area contributed by atoms with E-state index in [1.54, 1.807) is 6.20 Å². The van der Waals surface area contributed by atoms with Crippen molar-refractivity contribution in [2.24, 2.45) is 5.73 Å². The van der Waals surface area contributed by atoms with Crippen molar-refractivity contribution in [2.75, 3.05) is 0 Å². The number of aromatic nitrogens is 1. The number of hydrogen-bond acceptors (Lipinski definition) is 2. The van der Waals surface area contributed by atoms with Gasteiger partial charge in [-0.15, -0.1) is 0 Å². The molecule has 25 heavy (non-hydrogen) atoms. The molecule has 0 fully saturated rings. The van der Waals surface area contributed by atoms with E-state index in [4.69, 9.17) is 5.73 Å². The van der Waals surface area contributed by atoms with Crippen molar-refractivity contribution in [3.05, 3.63) is 53.9 Å². The molecule has 3 nitrogen and oxygen atoms in total. The Morgan fingerprint density at radius 2 is 1.76 bits per heavy atom. The molecule has 0 saturated heterocycles. The molecule has 1 aromatic carbocycles. The van der Waals surface area contributed by atoms with Crippen molar-refractivity contribution in [2.45, 2.75) is 64.7 Å². The van der Waals surface area contributed by atoms with Crippen LogP contribution in [0.3, 0.4) is 0 Å². The first kappa shape index (κ1) is 19.2. The van der Waals surface area contributed by atoms with Crippen molar-refractivity contribution in [1.29, 1.82) is 0 Å². The van der Waals surface area contributed by atoms with Gasteiger partial charge in [0.15, 0.2) is 0 Å². The molecule has 1 heterocycles. The molecule has 1 aromatic heterocycles. The van der Waals surface area contributed by atoms with E-state index >= 15 is 0 Å². The average molecular weight is 338 g/mol. The van der Waals surface area contributed by atoms with Crippen LogP contribution in [-0.4, -0.2) is 10.9 Å². The molecule has 0 aliphatic rings. The number of unbranched alkanes of at least 4 members (excludes halogenated alkanes) is 4.